The summed E-state index contributed by atoms with van der Waals surface area (Å²) >= 11 is 5.76. The Labute approximate surface area is 160 Å². The van der Waals surface area contributed by atoms with E-state index in [4.69, 9.17) is 21.5 Å². The molecule has 0 amide bonds. The van der Waals surface area contributed by atoms with E-state index in [0.717, 1.165) is 6.07 Å². The first-order chi connectivity index (χ1) is 12.4. The third-order valence-corrected chi connectivity index (χ3v) is 5.27. The number of primary sulfonamides is 1. The van der Waals surface area contributed by atoms with Crippen LogP contribution in [-0.4, -0.2) is 37.5 Å². The summed E-state index contributed by atoms with van der Waals surface area (Å²) in [5.41, 5.74) is 1.49. The van der Waals surface area contributed by atoms with Crippen molar-refractivity contribution in [3.8, 4) is 0 Å². The smallest absolute Gasteiger partial charge is 0.338 e. The predicted molar refractivity (Wildman–Crippen MR) is 97.7 cm³/mol. The van der Waals surface area contributed by atoms with Gasteiger partial charge in [-0.2, -0.15) is 0 Å². The average molecular weight is 413 g/mol. The van der Waals surface area contributed by atoms with E-state index in [-0.39, 0.29) is 22.1 Å². The lowest BCUT2D eigenvalue weighted by Gasteiger charge is -2.07. The molecule has 27 heavy (non-hydrogen) atoms. The van der Waals surface area contributed by atoms with Gasteiger partial charge in [0.2, 0.25) is 15.8 Å². The quantitative estimate of drug-likeness (QED) is 0.551. The SMILES string of the molecule is CC(=O)c1c(C)[nH]c(C(=O)COC(=O)c2ccc(Cl)c(S(N)(=O)=O)c2)c1C. The summed E-state index contributed by atoms with van der Waals surface area (Å²) in [4.78, 5) is 38.5. The maximum Gasteiger partial charge on any atom is 0.338 e. The monoisotopic (exact) mass is 412 g/mol. The molecular formula is C17H17ClN2O6S. The number of sulfonamides is 1. The van der Waals surface area contributed by atoms with Gasteiger partial charge in [-0.25, -0.2) is 18.4 Å². The molecule has 0 aliphatic rings. The maximum absolute atomic E-state index is 12.3. The number of nitrogens with one attached hydrogen (secondary N) is 1. The lowest BCUT2D eigenvalue weighted by molar-refractivity contribution is 0.0473. The second-order valence-electron chi connectivity index (χ2n) is 5.87. The molecule has 8 nitrogen and oxygen atoms in total. The number of rotatable bonds is 6. The largest absolute Gasteiger partial charge is 0.454 e. The zero-order valence-electron chi connectivity index (χ0n) is 14.8. The highest BCUT2D eigenvalue weighted by atomic mass is 35.5. The number of hydrogen-bond acceptors (Lipinski definition) is 6. The number of Topliss-reactive ketones (excluding diaryl/α,β-unsaturated/α-hetero) is 2. The van der Waals surface area contributed by atoms with E-state index in [0.29, 0.717) is 16.8 Å². The molecule has 0 fully saturated rings. The predicted octanol–water partition coefficient (Wildman–Crippen LogP) is 2.17. The van der Waals surface area contributed by atoms with Crippen molar-refractivity contribution in [3.05, 3.63) is 51.3 Å². The Bertz CT molecular complexity index is 1060. The summed E-state index contributed by atoms with van der Waals surface area (Å²) in [5, 5.41) is 4.89. The first kappa shape index (κ1) is 20.8. The van der Waals surface area contributed by atoms with Crippen LogP contribution in [-0.2, 0) is 14.8 Å². The van der Waals surface area contributed by atoms with Crippen LogP contribution in [0.25, 0.3) is 0 Å². The molecule has 3 N–H and O–H groups in total. The summed E-state index contributed by atoms with van der Waals surface area (Å²) in [7, 11) is -4.12. The fourth-order valence-electron chi connectivity index (χ4n) is 2.69. The molecule has 0 atom stereocenters. The Morgan fingerprint density at radius 2 is 1.85 bits per heavy atom. The standard InChI is InChI=1S/C17H17ClN2O6S/c1-8-15(10(3)21)9(2)20-16(8)13(22)7-26-17(23)11-4-5-12(18)14(6-11)27(19,24)25/h4-6,20H,7H2,1-3H3,(H2,19,24,25). The average Bonchev–Trinajstić information content (AvgIpc) is 2.86. The van der Waals surface area contributed by atoms with Crippen molar-refractivity contribution in [3.63, 3.8) is 0 Å². The van der Waals surface area contributed by atoms with Crippen LogP contribution in [0.3, 0.4) is 0 Å². The van der Waals surface area contributed by atoms with E-state index in [1.807, 2.05) is 0 Å². The summed E-state index contributed by atoms with van der Waals surface area (Å²) in [6, 6.07) is 3.42. The third kappa shape index (κ3) is 4.44. The Morgan fingerprint density at radius 1 is 1.22 bits per heavy atom. The van der Waals surface area contributed by atoms with Gasteiger partial charge >= 0.3 is 5.97 Å². The van der Waals surface area contributed by atoms with Crippen molar-refractivity contribution < 1.29 is 27.5 Å². The molecule has 0 aliphatic heterocycles. The lowest BCUT2D eigenvalue weighted by Crippen LogP contribution is -2.17. The van der Waals surface area contributed by atoms with E-state index in [2.05, 4.69) is 4.98 Å². The van der Waals surface area contributed by atoms with Crippen molar-refractivity contribution in [2.24, 2.45) is 5.14 Å². The second-order valence-corrected chi connectivity index (χ2v) is 7.81. The van der Waals surface area contributed by atoms with Gasteiger partial charge in [0, 0.05) is 11.3 Å². The first-order valence-corrected chi connectivity index (χ1v) is 9.58. The Morgan fingerprint density at radius 3 is 2.37 bits per heavy atom. The Kier molecular flexibility index (Phi) is 5.88. The molecule has 2 aromatic rings. The number of H-pyrrole nitrogens is 1. The number of halogens is 1. The van der Waals surface area contributed by atoms with Gasteiger partial charge in [0.1, 0.15) is 4.90 Å². The normalized spacial score (nSPS) is 11.3. The third-order valence-electron chi connectivity index (χ3n) is 3.88. The molecule has 0 unspecified atom stereocenters. The van der Waals surface area contributed by atoms with E-state index >= 15 is 0 Å². The molecule has 2 rings (SSSR count). The molecule has 0 spiro atoms. The summed E-state index contributed by atoms with van der Waals surface area (Å²) in [5.74, 6) is -1.64. The van der Waals surface area contributed by atoms with Gasteiger partial charge in [0.25, 0.3) is 0 Å². The van der Waals surface area contributed by atoms with Crippen molar-refractivity contribution in [2.45, 2.75) is 25.7 Å². The molecule has 0 saturated carbocycles. The topological polar surface area (TPSA) is 136 Å². The summed E-state index contributed by atoms with van der Waals surface area (Å²) < 4.78 is 27.9. The number of ketones is 2. The van der Waals surface area contributed by atoms with E-state index < -0.39 is 33.3 Å². The molecule has 0 aliphatic carbocycles. The summed E-state index contributed by atoms with van der Waals surface area (Å²) in [6.07, 6.45) is 0. The number of carbonyl (C=O) groups is 3. The number of nitrogens with two attached hydrogens (primary N) is 1. The number of carbonyl (C=O) groups excluding carboxylic acids is 3. The van der Waals surface area contributed by atoms with Crippen molar-refractivity contribution >= 4 is 39.2 Å². The molecule has 0 bridgehead atoms. The molecule has 0 radical (unpaired) electrons. The molecule has 0 saturated heterocycles. The zero-order valence-corrected chi connectivity index (χ0v) is 16.3. The van der Waals surface area contributed by atoms with Crippen LogP contribution in [0.15, 0.2) is 23.1 Å². The van der Waals surface area contributed by atoms with Crippen LogP contribution in [0.5, 0.6) is 0 Å². The Balaban J connectivity index is 2.18. The van der Waals surface area contributed by atoms with Gasteiger partial charge < -0.3 is 9.72 Å². The zero-order chi connectivity index (χ0) is 20.5. The molecular weight excluding hydrogens is 396 g/mol. The fourth-order valence-corrected chi connectivity index (χ4v) is 3.76. The van der Waals surface area contributed by atoms with Gasteiger partial charge in [-0.1, -0.05) is 11.6 Å². The number of benzene rings is 1. The molecule has 1 aromatic heterocycles. The van der Waals surface area contributed by atoms with Crippen LogP contribution in [0.2, 0.25) is 5.02 Å². The minimum Gasteiger partial charge on any atom is -0.454 e. The number of aromatic nitrogens is 1. The van der Waals surface area contributed by atoms with E-state index in [1.54, 1.807) is 13.8 Å². The molecule has 10 heteroatoms. The van der Waals surface area contributed by atoms with Gasteiger partial charge in [-0.05, 0) is 44.5 Å². The fraction of sp³-hybridized carbons (Fsp3) is 0.235. The van der Waals surface area contributed by atoms with Crippen LogP contribution in [0.1, 0.15) is 49.4 Å². The van der Waals surface area contributed by atoms with Crippen molar-refractivity contribution in [1.82, 2.24) is 4.98 Å². The van der Waals surface area contributed by atoms with Gasteiger partial charge in [-0.15, -0.1) is 0 Å². The van der Waals surface area contributed by atoms with Crippen LogP contribution in [0.4, 0.5) is 0 Å². The van der Waals surface area contributed by atoms with E-state index in [9.17, 15) is 22.8 Å². The number of hydrogen-bond donors (Lipinski definition) is 2. The minimum absolute atomic E-state index is 0.125. The molecule has 144 valence electrons. The number of aryl methyl sites for hydroxylation is 1. The van der Waals surface area contributed by atoms with Gasteiger partial charge in [0.05, 0.1) is 16.3 Å². The maximum atomic E-state index is 12.3. The number of esters is 1. The minimum atomic E-state index is -4.12. The highest BCUT2D eigenvalue weighted by molar-refractivity contribution is 7.89. The number of aromatic amines is 1. The van der Waals surface area contributed by atoms with Crippen molar-refractivity contribution in [1.29, 1.82) is 0 Å². The molecule has 1 aromatic carbocycles. The van der Waals surface area contributed by atoms with Crippen molar-refractivity contribution in [2.75, 3.05) is 6.61 Å². The van der Waals surface area contributed by atoms with Crippen LogP contribution >= 0.6 is 11.6 Å². The number of ether oxygens (including phenoxy) is 1. The van der Waals surface area contributed by atoms with Crippen LogP contribution in [0, 0.1) is 13.8 Å². The second kappa shape index (κ2) is 7.63. The summed E-state index contributed by atoms with van der Waals surface area (Å²) in [6.45, 7) is 4.08. The Hall–Kier alpha value is -2.49. The first-order valence-electron chi connectivity index (χ1n) is 7.66. The van der Waals surface area contributed by atoms with Gasteiger partial charge in [-0.3, -0.25) is 9.59 Å². The highest BCUT2D eigenvalue weighted by Gasteiger charge is 2.22. The van der Waals surface area contributed by atoms with Crippen LogP contribution < -0.4 is 5.14 Å². The lowest BCUT2D eigenvalue weighted by atomic mass is 10.1. The molecule has 1 heterocycles. The van der Waals surface area contributed by atoms with E-state index in [1.165, 1.54) is 19.1 Å². The highest BCUT2D eigenvalue weighted by Crippen LogP contribution is 2.22. The van der Waals surface area contributed by atoms with Gasteiger partial charge in [0.15, 0.2) is 12.4 Å².